The number of piperazine rings is 1. The van der Waals surface area contributed by atoms with Crippen LogP contribution < -0.4 is 10.2 Å². The molecule has 144 valence electrons. The molecular weight excluding hydrogens is 329 g/mol. The summed E-state index contributed by atoms with van der Waals surface area (Å²) in [4.78, 5) is 16.5. The lowest BCUT2D eigenvalue weighted by molar-refractivity contribution is -0.121. The minimum atomic E-state index is -0.147. The number of para-hydroxylation sites is 1. The summed E-state index contributed by atoms with van der Waals surface area (Å²) in [5, 5.41) is 3.07. The van der Waals surface area contributed by atoms with Crippen LogP contribution in [0.2, 0.25) is 0 Å². The van der Waals surface area contributed by atoms with Crippen molar-refractivity contribution in [2.45, 2.75) is 44.9 Å². The van der Waals surface area contributed by atoms with Gasteiger partial charge in [0, 0.05) is 45.7 Å². The molecule has 2 fully saturated rings. The molecule has 0 aromatic heterocycles. The number of anilines is 1. The van der Waals surface area contributed by atoms with Gasteiger partial charge in [0.2, 0.25) is 5.91 Å². The molecule has 4 nitrogen and oxygen atoms in total. The van der Waals surface area contributed by atoms with E-state index in [1.165, 1.54) is 38.2 Å². The number of benzene rings is 1. The second kappa shape index (κ2) is 9.91. The van der Waals surface area contributed by atoms with Gasteiger partial charge in [-0.15, -0.1) is 0 Å². The van der Waals surface area contributed by atoms with Gasteiger partial charge in [-0.3, -0.25) is 9.69 Å². The van der Waals surface area contributed by atoms with Gasteiger partial charge in [-0.2, -0.15) is 0 Å². The largest absolute Gasteiger partial charge is 0.367 e. The van der Waals surface area contributed by atoms with Crippen molar-refractivity contribution in [2.24, 2.45) is 5.92 Å². The number of nitrogens with one attached hydrogen (secondary N) is 1. The lowest BCUT2D eigenvalue weighted by atomic mass is 9.86. The number of amides is 1. The van der Waals surface area contributed by atoms with Crippen molar-refractivity contribution in [3.8, 4) is 0 Å². The number of hydrogen-bond donors (Lipinski definition) is 1. The van der Waals surface area contributed by atoms with E-state index >= 15 is 0 Å². The Hall–Kier alpha value is -1.62. The maximum absolute atomic E-state index is 13.9. The Bertz CT molecular complexity index is 566. The SMILES string of the molecule is O=C(CCC1CCCCC1)NCCN1CCN(c2ccccc2F)CC1. The number of halogens is 1. The minimum Gasteiger partial charge on any atom is -0.367 e. The van der Waals surface area contributed by atoms with E-state index in [0.717, 1.165) is 45.1 Å². The van der Waals surface area contributed by atoms with Crippen LogP contribution in [0, 0.1) is 11.7 Å². The van der Waals surface area contributed by atoms with E-state index in [4.69, 9.17) is 0 Å². The first-order valence-electron chi connectivity index (χ1n) is 10.2. The predicted octanol–water partition coefficient (Wildman–Crippen LogP) is 3.42. The van der Waals surface area contributed by atoms with Gasteiger partial charge in [0.15, 0.2) is 0 Å². The van der Waals surface area contributed by atoms with Crippen LogP contribution in [0.15, 0.2) is 24.3 Å². The Kier molecular flexibility index (Phi) is 7.30. The molecule has 0 atom stereocenters. The second-order valence-corrected chi connectivity index (χ2v) is 7.67. The van der Waals surface area contributed by atoms with E-state index in [1.807, 2.05) is 12.1 Å². The highest BCUT2D eigenvalue weighted by Gasteiger charge is 2.19. The summed E-state index contributed by atoms with van der Waals surface area (Å²) in [5.41, 5.74) is 0.697. The first-order chi connectivity index (χ1) is 12.7. The number of carbonyl (C=O) groups excluding carboxylic acids is 1. The van der Waals surface area contributed by atoms with Crippen LogP contribution in [-0.2, 0) is 4.79 Å². The molecule has 1 saturated heterocycles. The molecule has 5 heteroatoms. The molecule has 1 N–H and O–H groups in total. The minimum absolute atomic E-state index is 0.147. The van der Waals surface area contributed by atoms with E-state index in [2.05, 4.69) is 15.1 Å². The van der Waals surface area contributed by atoms with Crippen LogP contribution >= 0.6 is 0 Å². The van der Waals surface area contributed by atoms with Crippen molar-refractivity contribution in [2.75, 3.05) is 44.2 Å². The van der Waals surface area contributed by atoms with E-state index in [0.29, 0.717) is 18.7 Å². The van der Waals surface area contributed by atoms with Gasteiger partial charge in [-0.1, -0.05) is 44.2 Å². The van der Waals surface area contributed by atoms with Gasteiger partial charge in [0.25, 0.3) is 0 Å². The normalized spacial score (nSPS) is 19.5. The molecule has 1 aromatic rings. The van der Waals surface area contributed by atoms with Crippen molar-refractivity contribution < 1.29 is 9.18 Å². The monoisotopic (exact) mass is 361 g/mol. The third kappa shape index (κ3) is 5.70. The fourth-order valence-corrected chi connectivity index (χ4v) is 4.17. The summed E-state index contributed by atoms with van der Waals surface area (Å²) in [6.07, 6.45) is 8.38. The summed E-state index contributed by atoms with van der Waals surface area (Å²) in [6, 6.07) is 6.97. The third-order valence-corrected chi connectivity index (χ3v) is 5.82. The lowest BCUT2D eigenvalue weighted by Gasteiger charge is -2.36. The van der Waals surface area contributed by atoms with Crippen LogP contribution in [0.5, 0.6) is 0 Å². The highest BCUT2D eigenvalue weighted by Crippen LogP contribution is 2.27. The zero-order valence-electron chi connectivity index (χ0n) is 15.8. The van der Waals surface area contributed by atoms with E-state index in [9.17, 15) is 9.18 Å². The van der Waals surface area contributed by atoms with Gasteiger partial charge in [0.1, 0.15) is 5.82 Å². The Morgan fingerprint density at radius 2 is 1.81 bits per heavy atom. The molecule has 2 aliphatic rings. The first kappa shape index (κ1) is 19.2. The van der Waals surface area contributed by atoms with Crippen LogP contribution in [0.25, 0.3) is 0 Å². The predicted molar refractivity (Wildman–Crippen MR) is 104 cm³/mol. The van der Waals surface area contributed by atoms with Crippen molar-refractivity contribution in [1.29, 1.82) is 0 Å². The van der Waals surface area contributed by atoms with Gasteiger partial charge in [-0.25, -0.2) is 4.39 Å². The van der Waals surface area contributed by atoms with Crippen molar-refractivity contribution in [3.05, 3.63) is 30.1 Å². The van der Waals surface area contributed by atoms with E-state index < -0.39 is 0 Å². The van der Waals surface area contributed by atoms with Crippen LogP contribution in [0.1, 0.15) is 44.9 Å². The molecule has 1 heterocycles. The number of nitrogens with zero attached hydrogens (tertiary/aromatic N) is 2. The average Bonchev–Trinajstić information content (AvgIpc) is 2.68. The summed E-state index contributed by atoms with van der Waals surface area (Å²) in [6.45, 7) is 5.06. The second-order valence-electron chi connectivity index (χ2n) is 7.67. The van der Waals surface area contributed by atoms with Crippen LogP contribution in [0.3, 0.4) is 0 Å². The Balaban J connectivity index is 1.29. The molecule has 1 amide bonds. The van der Waals surface area contributed by atoms with Crippen LogP contribution in [0.4, 0.5) is 10.1 Å². The molecule has 0 radical (unpaired) electrons. The van der Waals surface area contributed by atoms with E-state index in [1.54, 1.807) is 6.07 Å². The van der Waals surface area contributed by atoms with Gasteiger partial charge >= 0.3 is 0 Å². The quantitative estimate of drug-likeness (QED) is 0.808. The molecular formula is C21H32FN3O. The summed E-state index contributed by atoms with van der Waals surface area (Å²) in [7, 11) is 0. The average molecular weight is 362 g/mol. The molecule has 1 saturated carbocycles. The summed E-state index contributed by atoms with van der Waals surface area (Å²) in [5.74, 6) is 0.813. The molecule has 1 aromatic carbocycles. The summed E-state index contributed by atoms with van der Waals surface area (Å²) < 4.78 is 13.9. The fourth-order valence-electron chi connectivity index (χ4n) is 4.17. The standard InChI is InChI=1S/C21H32FN3O/c22-19-8-4-5-9-20(19)25-16-14-24(15-17-25)13-12-23-21(26)11-10-18-6-2-1-3-7-18/h4-5,8-9,18H,1-3,6-7,10-17H2,(H,23,26). The highest BCUT2D eigenvalue weighted by atomic mass is 19.1. The zero-order valence-corrected chi connectivity index (χ0v) is 15.8. The van der Waals surface area contributed by atoms with Gasteiger partial charge in [-0.05, 0) is 24.5 Å². The Morgan fingerprint density at radius 1 is 1.08 bits per heavy atom. The van der Waals surface area contributed by atoms with Gasteiger partial charge in [0.05, 0.1) is 5.69 Å². The zero-order chi connectivity index (χ0) is 18.2. The van der Waals surface area contributed by atoms with Crippen molar-refractivity contribution >= 4 is 11.6 Å². The van der Waals surface area contributed by atoms with Crippen molar-refractivity contribution in [3.63, 3.8) is 0 Å². The molecule has 0 bridgehead atoms. The number of rotatable bonds is 7. The molecule has 0 unspecified atom stereocenters. The molecule has 0 spiro atoms. The number of carbonyl (C=O) groups is 1. The maximum Gasteiger partial charge on any atom is 0.220 e. The Morgan fingerprint density at radius 3 is 2.54 bits per heavy atom. The smallest absolute Gasteiger partial charge is 0.220 e. The van der Waals surface area contributed by atoms with Crippen molar-refractivity contribution in [1.82, 2.24) is 10.2 Å². The van der Waals surface area contributed by atoms with E-state index in [-0.39, 0.29) is 11.7 Å². The molecule has 26 heavy (non-hydrogen) atoms. The fraction of sp³-hybridized carbons (Fsp3) is 0.667. The molecule has 1 aliphatic carbocycles. The molecule has 3 rings (SSSR count). The first-order valence-corrected chi connectivity index (χ1v) is 10.2. The molecule has 1 aliphatic heterocycles. The third-order valence-electron chi connectivity index (χ3n) is 5.82. The summed E-state index contributed by atoms with van der Waals surface area (Å²) >= 11 is 0. The Labute approximate surface area is 156 Å². The maximum atomic E-state index is 13.9. The van der Waals surface area contributed by atoms with Crippen LogP contribution in [-0.4, -0.2) is 50.1 Å². The highest BCUT2D eigenvalue weighted by molar-refractivity contribution is 5.75. The topological polar surface area (TPSA) is 35.6 Å². The van der Waals surface area contributed by atoms with Gasteiger partial charge < -0.3 is 10.2 Å². The lowest BCUT2D eigenvalue weighted by Crippen LogP contribution is -2.48. The number of hydrogen-bond acceptors (Lipinski definition) is 3.